The van der Waals surface area contributed by atoms with Crippen LogP contribution in [-0.2, 0) is 0 Å². The molecule has 112 valence electrons. The van der Waals surface area contributed by atoms with E-state index in [4.69, 9.17) is 11.6 Å². The van der Waals surface area contributed by atoms with Crippen LogP contribution >= 0.6 is 11.6 Å². The first-order chi connectivity index (χ1) is 9.95. The average Bonchev–Trinajstić information content (AvgIpc) is 2.44. The van der Waals surface area contributed by atoms with Crippen LogP contribution in [-0.4, -0.2) is 6.54 Å². The molecule has 0 spiro atoms. The van der Waals surface area contributed by atoms with Crippen LogP contribution < -0.4 is 5.32 Å². The summed E-state index contributed by atoms with van der Waals surface area (Å²) >= 11 is 5.79. The molecule has 0 aliphatic carbocycles. The second-order valence-corrected chi connectivity index (χ2v) is 5.16. The molecule has 2 aromatic carbocycles. The molecular weight excluding hydrogens is 299 g/mol. The third-order valence-corrected chi connectivity index (χ3v) is 3.58. The number of aryl methyl sites for hydroxylation is 1. The smallest absolute Gasteiger partial charge is 0.146 e. The Hall–Kier alpha value is -1.52. The van der Waals surface area contributed by atoms with Gasteiger partial charge in [0.05, 0.1) is 11.1 Å². The number of halogens is 4. The van der Waals surface area contributed by atoms with Gasteiger partial charge in [-0.3, -0.25) is 0 Å². The summed E-state index contributed by atoms with van der Waals surface area (Å²) in [5.74, 6) is -1.95. The van der Waals surface area contributed by atoms with E-state index >= 15 is 0 Å². The minimum atomic E-state index is -0.729. The van der Waals surface area contributed by atoms with Gasteiger partial charge in [-0.15, -0.1) is 0 Å². The van der Waals surface area contributed by atoms with Crippen molar-refractivity contribution in [3.8, 4) is 0 Å². The van der Waals surface area contributed by atoms with Gasteiger partial charge in [-0.05, 0) is 31.2 Å². The van der Waals surface area contributed by atoms with Crippen molar-refractivity contribution in [2.75, 3.05) is 6.54 Å². The summed E-state index contributed by atoms with van der Waals surface area (Å²) < 4.78 is 41.7. The fourth-order valence-corrected chi connectivity index (χ4v) is 2.42. The maximum absolute atomic E-state index is 14.2. The Morgan fingerprint density at radius 1 is 1.10 bits per heavy atom. The maximum Gasteiger partial charge on any atom is 0.146 e. The SMILES string of the molecule is CCNC(c1cc(C)c(F)cc1F)c1cccc(Cl)c1F. The van der Waals surface area contributed by atoms with Gasteiger partial charge >= 0.3 is 0 Å². The molecule has 0 saturated heterocycles. The molecule has 21 heavy (non-hydrogen) atoms. The quantitative estimate of drug-likeness (QED) is 0.857. The van der Waals surface area contributed by atoms with Crippen molar-refractivity contribution < 1.29 is 13.2 Å². The zero-order valence-electron chi connectivity index (χ0n) is 11.7. The Labute approximate surface area is 126 Å². The zero-order chi connectivity index (χ0) is 15.6. The van der Waals surface area contributed by atoms with Crippen LogP contribution in [0.5, 0.6) is 0 Å². The van der Waals surface area contributed by atoms with Crippen LogP contribution in [0.3, 0.4) is 0 Å². The van der Waals surface area contributed by atoms with Crippen molar-refractivity contribution in [2.45, 2.75) is 19.9 Å². The molecule has 0 bridgehead atoms. The van der Waals surface area contributed by atoms with Crippen LogP contribution in [0, 0.1) is 24.4 Å². The van der Waals surface area contributed by atoms with Crippen LogP contribution in [0.1, 0.15) is 29.7 Å². The zero-order valence-corrected chi connectivity index (χ0v) is 12.4. The first-order valence-corrected chi connectivity index (χ1v) is 6.96. The molecule has 2 aromatic rings. The van der Waals surface area contributed by atoms with Crippen molar-refractivity contribution in [2.24, 2.45) is 0 Å². The highest BCUT2D eigenvalue weighted by Crippen LogP contribution is 2.30. The second-order valence-electron chi connectivity index (χ2n) is 4.76. The number of rotatable bonds is 4. The number of hydrogen-bond donors (Lipinski definition) is 1. The highest BCUT2D eigenvalue weighted by molar-refractivity contribution is 6.30. The van der Waals surface area contributed by atoms with E-state index < -0.39 is 23.5 Å². The van der Waals surface area contributed by atoms with Crippen LogP contribution in [0.15, 0.2) is 30.3 Å². The van der Waals surface area contributed by atoms with Crippen LogP contribution in [0.25, 0.3) is 0 Å². The molecular formula is C16H15ClF3N. The first-order valence-electron chi connectivity index (χ1n) is 6.58. The Morgan fingerprint density at radius 3 is 2.48 bits per heavy atom. The summed E-state index contributed by atoms with van der Waals surface area (Å²) in [5, 5.41) is 2.98. The van der Waals surface area contributed by atoms with Gasteiger partial charge in [0.15, 0.2) is 0 Å². The maximum atomic E-state index is 14.2. The second kappa shape index (κ2) is 6.50. The molecule has 2 rings (SSSR count). The van der Waals surface area contributed by atoms with Crippen molar-refractivity contribution in [3.05, 3.63) is 69.5 Å². The Kier molecular flexibility index (Phi) is 4.91. The lowest BCUT2D eigenvalue weighted by molar-refractivity contribution is 0.520. The van der Waals surface area contributed by atoms with Gasteiger partial charge in [-0.2, -0.15) is 0 Å². The van der Waals surface area contributed by atoms with Crippen molar-refractivity contribution in [3.63, 3.8) is 0 Å². The highest BCUT2D eigenvalue weighted by atomic mass is 35.5. The third-order valence-electron chi connectivity index (χ3n) is 3.29. The number of nitrogens with one attached hydrogen (secondary N) is 1. The molecule has 1 unspecified atom stereocenters. The van der Waals surface area contributed by atoms with Gasteiger partial charge in [-0.1, -0.05) is 30.7 Å². The summed E-state index contributed by atoms with van der Waals surface area (Å²) in [4.78, 5) is 0. The molecule has 0 aromatic heterocycles. The van der Waals surface area contributed by atoms with E-state index in [0.717, 1.165) is 6.07 Å². The van der Waals surface area contributed by atoms with Crippen LogP contribution in [0.4, 0.5) is 13.2 Å². The molecule has 0 fully saturated rings. The van der Waals surface area contributed by atoms with Crippen molar-refractivity contribution in [1.82, 2.24) is 5.32 Å². The molecule has 5 heteroatoms. The predicted molar refractivity (Wildman–Crippen MR) is 78.0 cm³/mol. The van der Waals surface area contributed by atoms with Gasteiger partial charge < -0.3 is 5.32 Å². The van der Waals surface area contributed by atoms with Crippen molar-refractivity contribution in [1.29, 1.82) is 0 Å². The number of benzene rings is 2. The van der Waals surface area contributed by atoms with E-state index in [1.807, 2.05) is 6.92 Å². The lowest BCUT2D eigenvalue weighted by Gasteiger charge is -2.21. The van der Waals surface area contributed by atoms with Crippen molar-refractivity contribution >= 4 is 11.6 Å². The van der Waals surface area contributed by atoms with Gasteiger partial charge in [0, 0.05) is 17.2 Å². The minimum absolute atomic E-state index is 0.0327. The Balaban J connectivity index is 2.59. The van der Waals surface area contributed by atoms with E-state index in [1.165, 1.54) is 25.1 Å². The molecule has 0 amide bonds. The Morgan fingerprint density at radius 2 is 1.81 bits per heavy atom. The fourth-order valence-electron chi connectivity index (χ4n) is 2.24. The van der Waals surface area contributed by atoms with Crippen LogP contribution in [0.2, 0.25) is 5.02 Å². The molecule has 0 heterocycles. The monoisotopic (exact) mass is 313 g/mol. The highest BCUT2D eigenvalue weighted by Gasteiger charge is 2.22. The first kappa shape index (κ1) is 15.9. The molecule has 0 radical (unpaired) electrons. The Bertz CT molecular complexity index is 658. The topological polar surface area (TPSA) is 12.0 Å². The molecule has 1 nitrogen and oxygen atoms in total. The standard InChI is InChI=1S/C16H15ClF3N/c1-3-21-16(10-5-4-6-12(17)15(10)20)11-7-9(2)13(18)8-14(11)19/h4-8,16,21H,3H2,1-2H3. The van der Waals surface area contributed by atoms with E-state index in [9.17, 15) is 13.2 Å². The predicted octanol–water partition coefficient (Wildman–Crippen LogP) is 4.76. The van der Waals surface area contributed by atoms with E-state index in [-0.39, 0.29) is 16.1 Å². The summed E-state index contributed by atoms with van der Waals surface area (Å²) in [7, 11) is 0. The molecule has 1 atom stereocenters. The van der Waals surface area contributed by atoms with Gasteiger partial charge in [-0.25, -0.2) is 13.2 Å². The van der Waals surface area contributed by atoms with E-state index in [1.54, 1.807) is 6.07 Å². The molecule has 0 aliphatic heterocycles. The van der Waals surface area contributed by atoms with Gasteiger partial charge in [0.1, 0.15) is 17.5 Å². The minimum Gasteiger partial charge on any atom is -0.306 e. The third kappa shape index (κ3) is 3.22. The summed E-state index contributed by atoms with van der Waals surface area (Å²) in [5.41, 5.74) is 0.725. The molecule has 0 aliphatic rings. The van der Waals surface area contributed by atoms with Gasteiger partial charge in [0.2, 0.25) is 0 Å². The summed E-state index contributed by atoms with van der Waals surface area (Å²) in [6.07, 6.45) is 0. The lowest BCUT2D eigenvalue weighted by atomic mass is 9.96. The van der Waals surface area contributed by atoms with E-state index in [0.29, 0.717) is 12.1 Å². The summed E-state index contributed by atoms with van der Waals surface area (Å²) in [6.45, 7) is 3.85. The normalized spacial score (nSPS) is 12.5. The van der Waals surface area contributed by atoms with Gasteiger partial charge in [0.25, 0.3) is 0 Å². The molecule has 1 N–H and O–H groups in total. The molecule has 0 saturated carbocycles. The largest absolute Gasteiger partial charge is 0.306 e. The number of hydrogen-bond acceptors (Lipinski definition) is 1. The summed E-state index contributed by atoms with van der Waals surface area (Å²) in [6, 6.07) is 6.03. The lowest BCUT2D eigenvalue weighted by Crippen LogP contribution is -2.24. The fraction of sp³-hybridized carbons (Fsp3) is 0.250. The average molecular weight is 314 g/mol. The van der Waals surface area contributed by atoms with E-state index in [2.05, 4.69) is 5.32 Å².